The quantitative estimate of drug-likeness (QED) is 0.683. The van der Waals surface area contributed by atoms with Crippen LogP contribution in [0.2, 0.25) is 0 Å². The van der Waals surface area contributed by atoms with Gasteiger partial charge >= 0.3 is 0 Å². The van der Waals surface area contributed by atoms with E-state index in [1.54, 1.807) is 12.4 Å². The zero-order chi connectivity index (χ0) is 9.90. The van der Waals surface area contributed by atoms with Crippen LogP contribution in [-0.4, -0.2) is 9.97 Å². The highest BCUT2D eigenvalue weighted by atomic mass is 35.5. The van der Waals surface area contributed by atoms with Crippen molar-refractivity contribution in [2.45, 2.75) is 33.1 Å². The Labute approximate surface area is 84.4 Å². The van der Waals surface area contributed by atoms with Gasteiger partial charge in [-0.25, -0.2) is 9.97 Å². The maximum Gasteiger partial charge on any atom is 0.128 e. The molecular formula is C10H15ClN2. The number of halogens is 1. The highest BCUT2D eigenvalue weighted by molar-refractivity contribution is 6.17. The molecular weight excluding hydrogens is 184 g/mol. The molecule has 1 aromatic heterocycles. The fourth-order valence-corrected chi connectivity index (χ4v) is 1.15. The van der Waals surface area contributed by atoms with Crippen LogP contribution in [0.25, 0.3) is 0 Å². The Balaban J connectivity index is 2.70. The van der Waals surface area contributed by atoms with E-state index in [9.17, 15) is 0 Å². The summed E-state index contributed by atoms with van der Waals surface area (Å²) in [6.07, 6.45) is 4.48. The van der Waals surface area contributed by atoms with E-state index in [2.05, 4.69) is 30.7 Å². The minimum Gasteiger partial charge on any atom is -0.241 e. The van der Waals surface area contributed by atoms with Gasteiger partial charge in [-0.2, -0.15) is 0 Å². The average molecular weight is 199 g/mol. The molecule has 0 amide bonds. The Bertz CT molecular complexity index is 261. The third-order valence-electron chi connectivity index (χ3n) is 1.60. The predicted molar refractivity (Wildman–Crippen MR) is 54.7 cm³/mol. The first-order valence-corrected chi connectivity index (χ1v) is 4.90. The van der Waals surface area contributed by atoms with Crippen molar-refractivity contribution < 1.29 is 0 Å². The van der Waals surface area contributed by atoms with Crippen molar-refractivity contribution in [1.29, 1.82) is 0 Å². The summed E-state index contributed by atoms with van der Waals surface area (Å²) in [5.41, 5.74) is 1.21. The Kier molecular flexibility index (Phi) is 3.26. The topological polar surface area (TPSA) is 25.8 Å². The van der Waals surface area contributed by atoms with Crippen LogP contribution in [0, 0.1) is 5.41 Å². The van der Waals surface area contributed by atoms with E-state index >= 15 is 0 Å². The van der Waals surface area contributed by atoms with E-state index in [4.69, 9.17) is 11.6 Å². The molecule has 3 heteroatoms. The van der Waals surface area contributed by atoms with Gasteiger partial charge in [0, 0.05) is 24.4 Å². The molecule has 0 aliphatic rings. The van der Waals surface area contributed by atoms with Crippen molar-refractivity contribution in [3.8, 4) is 0 Å². The minimum absolute atomic E-state index is 0.239. The van der Waals surface area contributed by atoms with Gasteiger partial charge < -0.3 is 0 Å². The summed E-state index contributed by atoms with van der Waals surface area (Å²) in [4.78, 5) is 8.48. The molecule has 1 aromatic rings. The summed E-state index contributed by atoms with van der Waals surface area (Å²) in [5, 5.41) is 0. The van der Waals surface area contributed by atoms with Gasteiger partial charge in [-0.05, 0) is 5.41 Å². The molecule has 1 heterocycles. The van der Waals surface area contributed by atoms with Crippen LogP contribution < -0.4 is 0 Å². The summed E-state index contributed by atoms with van der Waals surface area (Å²) in [6.45, 7) is 6.52. The Morgan fingerprint density at radius 3 is 2.15 bits per heavy atom. The molecule has 0 fully saturated rings. The monoisotopic (exact) mass is 198 g/mol. The van der Waals surface area contributed by atoms with Gasteiger partial charge in [0.25, 0.3) is 0 Å². The van der Waals surface area contributed by atoms with Crippen LogP contribution in [-0.2, 0) is 12.3 Å². The lowest BCUT2D eigenvalue weighted by Crippen LogP contribution is -2.11. The molecule has 2 nitrogen and oxygen atoms in total. The molecule has 0 unspecified atom stereocenters. The van der Waals surface area contributed by atoms with E-state index in [1.807, 2.05) is 0 Å². The van der Waals surface area contributed by atoms with Gasteiger partial charge in [0.1, 0.15) is 5.82 Å². The van der Waals surface area contributed by atoms with Gasteiger partial charge in [-0.1, -0.05) is 20.8 Å². The average Bonchev–Trinajstić information content (AvgIpc) is 2.03. The molecule has 0 saturated carbocycles. The molecule has 0 atom stereocenters. The third kappa shape index (κ3) is 3.73. The second-order valence-corrected chi connectivity index (χ2v) is 4.65. The van der Waals surface area contributed by atoms with Crippen molar-refractivity contribution in [3.63, 3.8) is 0 Å². The lowest BCUT2D eigenvalue weighted by Gasteiger charge is -2.16. The van der Waals surface area contributed by atoms with E-state index in [0.29, 0.717) is 5.88 Å². The van der Waals surface area contributed by atoms with Crippen molar-refractivity contribution in [2.24, 2.45) is 5.41 Å². The minimum atomic E-state index is 0.239. The van der Waals surface area contributed by atoms with E-state index in [-0.39, 0.29) is 5.41 Å². The molecule has 0 radical (unpaired) electrons. The zero-order valence-corrected chi connectivity index (χ0v) is 9.10. The van der Waals surface area contributed by atoms with Crippen LogP contribution in [0.15, 0.2) is 12.4 Å². The number of alkyl halides is 1. The number of aromatic nitrogens is 2. The largest absolute Gasteiger partial charge is 0.241 e. The normalized spacial score (nSPS) is 11.7. The van der Waals surface area contributed by atoms with Crippen LogP contribution in [0.1, 0.15) is 32.2 Å². The fraction of sp³-hybridized carbons (Fsp3) is 0.600. The molecule has 1 rings (SSSR count). The molecule has 0 saturated heterocycles. The first-order chi connectivity index (χ1) is 6.01. The summed E-state index contributed by atoms with van der Waals surface area (Å²) in [6, 6.07) is 0. The number of hydrogen-bond donors (Lipinski definition) is 0. The molecule has 0 aliphatic carbocycles. The number of hydrogen-bond acceptors (Lipinski definition) is 2. The summed E-state index contributed by atoms with van der Waals surface area (Å²) in [7, 11) is 0. The Morgan fingerprint density at radius 1 is 1.23 bits per heavy atom. The second-order valence-electron chi connectivity index (χ2n) is 4.38. The van der Waals surface area contributed by atoms with Crippen molar-refractivity contribution >= 4 is 11.6 Å². The summed E-state index contributed by atoms with van der Waals surface area (Å²) in [5.74, 6) is 1.37. The maximum atomic E-state index is 5.63. The molecule has 0 N–H and O–H groups in total. The standard InChI is InChI=1S/C10H15ClN2/c1-10(2,3)4-9-12-6-8(5-11)7-13-9/h6-7H,4-5H2,1-3H3. The molecule has 13 heavy (non-hydrogen) atoms. The van der Waals surface area contributed by atoms with Crippen LogP contribution in [0.3, 0.4) is 0 Å². The van der Waals surface area contributed by atoms with E-state index in [0.717, 1.165) is 17.8 Å². The lowest BCUT2D eigenvalue weighted by atomic mass is 9.92. The zero-order valence-electron chi connectivity index (χ0n) is 8.34. The highest BCUT2D eigenvalue weighted by Gasteiger charge is 2.12. The van der Waals surface area contributed by atoms with E-state index < -0.39 is 0 Å². The van der Waals surface area contributed by atoms with E-state index in [1.165, 1.54) is 0 Å². The fourth-order valence-electron chi connectivity index (χ4n) is 1.02. The smallest absolute Gasteiger partial charge is 0.128 e. The van der Waals surface area contributed by atoms with Gasteiger partial charge in [0.05, 0.1) is 5.88 Å². The first-order valence-electron chi connectivity index (χ1n) is 4.37. The maximum absolute atomic E-state index is 5.63. The van der Waals surface area contributed by atoms with Crippen molar-refractivity contribution in [3.05, 3.63) is 23.8 Å². The van der Waals surface area contributed by atoms with Gasteiger partial charge in [0.2, 0.25) is 0 Å². The SMILES string of the molecule is CC(C)(C)Cc1ncc(CCl)cn1. The molecule has 0 bridgehead atoms. The summed E-state index contributed by atoms with van der Waals surface area (Å²) >= 11 is 5.63. The number of nitrogens with zero attached hydrogens (tertiary/aromatic N) is 2. The molecule has 72 valence electrons. The van der Waals surface area contributed by atoms with Crippen molar-refractivity contribution in [1.82, 2.24) is 9.97 Å². The summed E-state index contributed by atoms with van der Waals surface area (Å²) < 4.78 is 0. The van der Waals surface area contributed by atoms with Crippen LogP contribution in [0.5, 0.6) is 0 Å². The van der Waals surface area contributed by atoms with Crippen LogP contribution >= 0.6 is 11.6 Å². The third-order valence-corrected chi connectivity index (χ3v) is 1.91. The first kappa shape index (κ1) is 10.5. The van der Waals surface area contributed by atoms with Gasteiger partial charge in [-0.3, -0.25) is 0 Å². The van der Waals surface area contributed by atoms with Crippen LogP contribution in [0.4, 0.5) is 0 Å². The highest BCUT2D eigenvalue weighted by Crippen LogP contribution is 2.17. The lowest BCUT2D eigenvalue weighted by molar-refractivity contribution is 0.400. The second kappa shape index (κ2) is 4.05. The number of rotatable bonds is 2. The van der Waals surface area contributed by atoms with Gasteiger partial charge in [0.15, 0.2) is 0 Å². The molecule has 0 aliphatic heterocycles. The molecule has 0 aromatic carbocycles. The van der Waals surface area contributed by atoms with Crippen molar-refractivity contribution in [2.75, 3.05) is 0 Å². The Hall–Kier alpha value is -0.630. The predicted octanol–water partition coefficient (Wildman–Crippen LogP) is 2.80. The van der Waals surface area contributed by atoms with Gasteiger partial charge in [-0.15, -0.1) is 11.6 Å². The molecule has 0 spiro atoms. The Morgan fingerprint density at radius 2 is 1.77 bits per heavy atom.